The SMILES string of the molecule is CC(NC(=O)C(=O)N1C[C@H]2COc3c(c(Cl)n(C)c3C(=O)Nc3ccc(F)c(C(F)F)c3)S(=O)(=O)N[C@H]2C1)C(F)(F)F. The zero-order chi connectivity index (χ0) is 31.3. The Bertz CT molecular complexity index is 1550. The number of fused-ring (bicyclic) bond motifs is 2. The number of hydrogen-bond acceptors (Lipinski definition) is 6. The first-order valence-corrected chi connectivity index (χ1v) is 13.9. The molecule has 2 aliphatic rings. The van der Waals surface area contributed by atoms with E-state index in [1.807, 2.05) is 0 Å². The zero-order valence-electron chi connectivity index (χ0n) is 21.6. The van der Waals surface area contributed by atoms with Crippen LogP contribution in [0.15, 0.2) is 23.1 Å². The number of amides is 3. The average molecular weight is 646 g/mol. The van der Waals surface area contributed by atoms with E-state index in [2.05, 4.69) is 10.0 Å². The number of halogens is 7. The van der Waals surface area contributed by atoms with E-state index in [4.69, 9.17) is 16.3 Å². The third-order valence-corrected chi connectivity index (χ3v) is 8.80. The molecule has 1 unspecified atom stereocenters. The van der Waals surface area contributed by atoms with Crippen molar-refractivity contribution < 1.29 is 53.9 Å². The lowest BCUT2D eigenvalue weighted by Crippen LogP contribution is -2.50. The molecule has 42 heavy (non-hydrogen) atoms. The number of nitrogens with zero attached hydrogens (tertiary/aromatic N) is 2. The monoisotopic (exact) mass is 645 g/mol. The molecule has 4 rings (SSSR count). The maximum atomic E-state index is 13.7. The summed E-state index contributed by atoms with van der Waals surface area (Å²) >= 11 is 6.25. The molecule has 0 saturated carbocycles. The van der Waals surface area contributed by atoms with E-state index >= 15 is 0 Å². The molecule has 2 aromatic rings. The normalized spacial score (nSPS) is 20.6. The zero-order valence-corrected chi connectivity index (χ0v) is 23.1. The fraction of sp³-hybridized carbons (Fsp3) is 0.435. The summed E-state index contributed by atoms with van der Waals surface area (Å²) in [5.41, 5.74) is -1.66. The highest BCUT2D eigenvalue weighted by Gasteiger charge is 2.45. The van der Waals surface area contributed by atoms with Gasteiger partial charge in [0.25, 0.3) is 12.3 Å². The van der Waals surface area contributed by atoms with Crippen molar-refractivity contribution in [2.45, 2.75) is 36.5 Å². The quantitative estimate of drug-likeness (QED) is 0.345. The van der Waals surface area contributed by atoms with Crippen molar-refractivity contribution in [1.82, 2.24) is 19.5 Å². The number of anilines is 1. The maximum Gasteiger partial charge on any atom is 0.408 e. The van der Waals surface area contributed by atoms with Crippen LogP contribution in [0.25, 0.3) is 0 Å². The van der Waals surface area contributed by atoms with Crippen molar-refractivity contribution in [1.29, 1.82) is 0 Å². The molecule has 11 nitrogen and oxygen atoms in total. The molecule has 1 fully saturated rings. The lowest BCUT2D eigenvalue weighted by molar-refractivity contribution is -0.162. The fourth-order valence-electron chi connectivity index (χ4n) is 4.48. The number of rotatable bonds is 4. The molecule has 1 saturated heterocycles. The molecule has 3 N–H and O–H groups in total. The van der Waals surface area contributed by atoms with Crippen LogP contribution in [0.4, 0.5) is 32.0 Å². The van der Waals surface area contributed by atoms with Gasteiger partial charge in [-0.1, -0.05) is 11.6 Å². The number of likely N-dealkylation sites (tertiary alicyclic amines) is 1. The Labute approximate surface area is 239 Å². The van der Waals surface area contributed by atoms with E-state index < -0.39 is 91.2 Å². The van der Waals surface area contributed by atoms with Crippen LogP contribution in [0.5, 0.6) is 5.75 Å². The highest BCUT2D eigenvalue weighted by Crippen LogP contribution is 2.40. The molecule has 0 spiro atoms. The number of benzene rings is 1. The summed E-state index contributed by atoms with van der Waals surface area (Å²) in [6.45, 7) is -0.363. The van der Waals surface area contributed by atoms with Gasteiger partial charge in [0, 0.05) is 37.8 Å². The first-order valence-electron chi connectivity index (χ1n) is 12.0. The Morgan fingerprint density at radius 1 is 1.19 bits per heavy atom. The molecule has 1 aromatic carbocycles. The van der Waals surface area contributed by atoms with Gasteiger partial charge in [-0.15, -0.1) is 0 Å². The molecular weight excluding hydrogens is 624 g/mol. The van der Waals surface area contributed by atoms with Crippen molar-refractivity contribution in [3.05, 3.63) is 40.4 Å². The Morgan fingerprint density at radius 3 is 2.48 bits per heavy atom. The molecular formula is C23H22ClF6N5O6S. The summed E-state index contributed by atoms with van der Waals surface area (Å²) < 4.78 is 114. The Morgan fingerprint density at radius 2 is 1.86 bits per heavy atom. The van der Waals surface area contributed by atoms with Crippen LogP contribution < -0.4 is 20.1 Å². The minimum absolute atomic E-state index is 0.238. The first-order chi connectivity index (χ1) is 19.4. The number of hydrogen-bond donors (Lipinski definition) is 3. The Hall–Kier alpha value is -3.51. The maximum absolute atomic E-state index is 13.7. The molecule has 2 aliphatic heterocycles. The molecule has 3 amide bonds. The van der Waals surface area contributed by atoms with Crippen molar-refractivity contribution in [2.75, 3.05) is 25.0 Å². The largest absolute Gasteiger partial charge is 0.489 e. The fourth-order valence-corrected chi connectivity index (χ4v) is 6.49. The van der Waals surface area contributed by atoms with E-state index in [1.54, 1.807) is 5.32 Å². The van der Waals surface area contributed by atoms with E-state index in [0.717, 1.165) is 15.5 Å². The van der Waals surface area contributed by atoms with Crippen LogP contribution in [0.1, 0.15) is 29.4 Å². The summed E-state index contributed by atoms with van der Waals surface area (Å²) in [5, 5.41) is 3.33. The Balaban J connectivity index is 1.59. The van der Waals surface area contributed by atoms with E-state index in [1.165, 1.54) is 7.05 Å². The average Bonchev–Trinajstić information content (AvgIpc) is 3.38. The Kier molecular flexibility index (Phi) is 8.45. The molecule has 1 aromatic heterocycles. The number of sulfonamides is 1. The van der Waals surface area contributed by atoms with Crippen molar-refractivity contribution in [3.63, 3.8) is 0 Å². The lowest BCUT2D eigenvalue weighted by atomic mass is 10.1. The minimum Gasteiger partial charge on any atom is -0.489 e. The number of nitrogens with one attached hydrogen (secondary N) is 3. The van der Waals surface area contributed by atoms with Gasteiger partial charge in [-0.2, -0.15) is 13.2 Å². The summed E-state index contributed by atoms with van der Waals surface area (Å²) in [5.74, 6) is -6.44. The minimum atomic E-state index is -4.80. The van der Waals surface area contributed by atoms with E-state index in [0.29, 0.717) is 19.1 Å². The van der Waals surface area contributed by atoms with Gasteiger partial charge in [-0.3, -0.25) is 14.4 Å². The first kappa shape index (κ1) is 31.4. The van der Waals surface area contributed by atoms with Gasteiger partial charge in [0.15, 0.2) is 16.3 Å². The van der Waals surface area contributed by atoms with Crippen molar-refractivity contribution >= 4 is 45.0 Å². The van der Waals surface area contributed by atoms with Gasteiger partial charge >= 0.3 is 18.0 Å². The van der Waals surface area contributed by atoms with Gasteiger partial charge in [0.2, 0.25) is 10.0 Å². The number of alkyl halides is 5. The molecule has 19 heteroatoms. The van der Waals surface area contributed by atoms with E-state index in [9.17, 15) is 49.1 Å². The van der Waals surface area contributed by atoms with Gasteiger partial charge in [-0.05, 0) is 25.1 Å². The summed E-state index contributed by atoms with van der Waals surface area (Å²) in [4.78, 5) is 38.0. The van der Waals surface area contributed by atoms with Gasteiger partial charge in [0.05, 0.1) is 12.2 Å². The van der Waals surface area contributed by atoms with Crippen LogP contribution in [0.3, 0.4) is 0 Å². The van der Waals surface area contributed by atoms with Crippen LogP contribution >= 0.6 is 11.6 Å². The predicted molar refractivity (Wildman–Crippen MR) is 133 cm³/mol. The van der Waals surface area contributed by atoms with Gasteiger partial charge in [0.1, 0.15) is 17.0 Å². The second-order valence-electron chi connectivity index (χ2n) is 9.59. The van der Waals surface area contributed by atoms with Gasteiger partial charge in [-0.25, -0.2) is 26.3 Å². The molecule has 0 bridgehead atoms. The number of carbonyl (C=O) groups excluding carboxylic acids is 3. The molecule has 3 heterocycles. The third-order valence-electron chi connectivity index (χ3n) is 6.72. The third kappa shape index (κ3) is 6.00. The number of ether oxygens (including phenoxy) is 1. The molecule has 0 aliphatic carbocycles. The number of carbonyl (C=O) groups is 3. The lowest BCUT2D eigenvalue weighted by Gasteiger charge is -2.23. The second kappa shape index (κ2) is 11.3. The molecule has 3 atom stereocenters. The van der Waals surface area contributed by atoms with Crippen molar-refractivity contribution in [2.24, 2.45) is 13.0 Å². The molecule has 0 radical (unpaired) electrons. The number of aromatic nitrogens is 1. The highest BCUT2D eigenvalue weighted by atomic mass is 35.5. The topological polar surface area (TPSA) is 139 Å². The van der Waals surface area contributed by atoms with Crippen LogP contribution in [-0.2, 0) is 26.7 Å². The summed E-state index contributed by atoms with van der Waals surface area (Å²) in [6.07, 6.45) is -7.98. The van der Waals surface area contributed by atoms with Crippen LogP contribution in [0.2, 0.25) is 5.15 Å². The van der Waals surface area contributed by atoms with E-state index in [-0.39, 0.29) is 25.4 Å². The smallest absolute Gasteiger partial charge is 0.408 e. The summed E-state index contributed by atoms with van der Waals surface area (Å²) in [7, 11) is -3.34. The summed E-state index contributed by atoms with van der Waals surface area (Å²) in [6, 6.07) is -0.938. The standard InChI is InChI=1S/C23H22ClF6N5O6S/c1-9(23(28,29)30)31-21(37)22(38)35-6-10-8-41-16-15(20(36)32-11-3-4-13(25)12(5-11)19(26)27)34(2)18(24)17(16)42(39,40)33-14(10)7-35/h3-5,9-10,14,19,33H,6-8H2,1-2H3,(H,31,37)(H,32,36)/t9?,10-,14-/m0/s1. The van der Waals surface area contributed by atoms with Crippen molar-refractivity contribution in [3.8, 4) is 5.75 Å². The van der Waals surface area contributed by atoms with Crippen LogP contribution in [-0.4, -0.2) is 73.6 Å². The van der Waals surface area contributed by atoms with Crippen LogP contribution in [0, 0.1) is 11.7 Å². The predicted octanol–water partition coefficient (Wildman–Crippen LogP) is 2.57. The van der Waals surface area contributed by atoms with Gasteiger partial charge < -0.3 is 24.8 Å². The molecule has 230 valence electrons. The highest BCUT2D eigenvalue weighted by molar-refractivity contribution is 7.89. The second-order valence-corrected chi connectivity index (χ2v) is 11.6.